The summed E-state index contributed by atoms with van der Waals surface area (Å²) in [7, 11) is 0. The lowest BCUT2D eigenvalue weighted by atomic mass is 9.77. The van der Waals surface area contributed by atoms with Gasteiger partial charge in [-0.25, -0.2) is 4.79 Å². The van der Waals surface area contributed by atoms with Crippen molar-refractivity contribution in [1.29, 1.82) is 0 Å². The van der Waals surface area contributed by atoms with Crippen LogP contribution in [-0.4, -0.2) is 23.3 Å². The zero-order valence-electron chi connectivity index (χ0n) is 11.1. The van der Waals surface area contributed by atoms with Gasteiger partial charge in [0.05, 0.1) is 6.10 Å². The Morgan fingerprint density at radius 3 is 2.65 bits per heavy atom. The number of ether oxygens (including phenoxy) is 1. The molecule has 1 N–H and O–H groups in total. The molecule has 4 atom stereocenters. The van der Waals surface area contributed by atoms with Crippen LogP contribution < -0.4 is 0 Å². The molecule has 0 aromatic rings. The quantitative estimate of drug-likeness (QED) is 0.607. The van der Waals surface area contributed by atoms with E-state index in [9.17, 15) is 9.90 Å². The molecule has 3 heteroatoms. The van der Waals surface area contributed by atoms with Crippen LogP contribution in [-0.2, 0) is 9.53 Å². The first-order valence-corrected chi connectivity index (χ1v) is 6.50. The fraction of sp³-hybridized carbons (Fsp3) is 0.786. The Hall–Kier alpha value is -0.830. The summed E-state index contributed by atoms with van der Waals surface area (Å²) in [4.78, 5) is 11.4. The second kappa shape index (κ2) is 6.20. The van der Waals surface area contributed by atoms with Gasteiger partial charge in [-0.05, 0) is 38.0 Å². The van der Waals surface area contributed by atoms with Crippen LogP contribution in [0.25, 0.3) is 0 Å². The van der Waals surface area contributed by atoms with Crippen LogP contribution in [0.2, 0.25) is 0 Å². The maximum Gasteiger partial charge on any atom is 0.333 e. The highest BCUT2D eigenvalue weighted by Gasteiger charge is 2.33. The van der Waals surface area contributed by atoms with E-state index in [0.717, 1.165) is 25.7 Å². The van der Waals surface area contributed by atoms with Crippen LogP contribution in [0.4, 0.5) is 0 Å². The number of carbonyl (C=O) groups is 1. The fourth-order valence-corrected chi connectivity index (χ4v) is 2.38. The van der Waals surface area contributed by atoms with E-state index in [2.05, 4.69) is 20.4 Å². The molecule has 3 nitrogen and oxygen atoms in total. The number of hydrogen-bond donors (Lipinski definition) is 1. The molecule has 0 amide bonds. The van der Waals surface area contributed by atoms with E-state index < -0.39 is 12.1 Å². The summed E-state index contributed by atoms with van der Waals surface area (Å²) >= 11 is 0. The van der Waals surface area contributed by atoms with E-state index in [1.54, 1.807) is 6.92 Å². The summed E-state index contributed by atoms with van der Waals surface area (Å²) < 4.78 is 5.24. The minimum Gasteiger partial charge on any atom is -0.456 e. The van der Waals surface area contributed by atoms with Gasteiger partial charge in [-0.2, -0.15) is 0 Å². The molecule has 17 heavy (non-hydrogen) atoms. The maximum absolute atomic E-state index is 11.4. The van der Waals surface area contributed by atoms with Gasteiger partial charge >= 0.3 is 5.97 Å². The molecule has 1 aliphatic carbocycles. The van der Waals surface area contributed by atoms with E-state index in [1.807, 2.05) is 0 Å². The molecule has 98 valence electrons. The van der Waals surface area contributed by atoms with Gasteiger partial charge < -0.3 is 9.84 Å². The first kappa shape index (κ1) is 14.2. The summed E-state index contributed by atoms with van der Waals surface area (Å²) in [6, 6.07) is 0. The van der Waals surface area contributed by atoms with Gasteiger partial charge in [0.1, 0.15) is 6.10 Å². The summed E-state index contributed by atoms with van der Waals surface area (Å²) in [5.41, 5.74) is 0.390. The summed E-state index contributed by atoms with van der Waals surface area (Å²) in [6.45, 7) is 9.56. The lowest BCUT2D eigenvalue weighted by Crippen LogP contribution is -2.38. The van der Waals surface area contributed by atoms with Crippen molar-refractivity contribution in [3.63, 3.8) is 0 Å². The van der Waals surface area contributed by atoms with Crippen LogP contribution in [0.3, 0.4) is 0 Å². The SMILES string of the molecule is C=C(C)C(=O)OC1CCC(C(C)CC)CC1O. The van der Waals surface area contributed by atoms with Crippen LogP contribution in [0.15, 0.2) is 12.2 Å². The summed E-state index contributed by atoms with van der Waals surface area (Å²) in [5.74, 6) is 0.785. The molecule has 0 saturated heterocycles. The van der Waals surface area contributed by atoms with E-state index >= 15 is 0 Å². The molecule has 1 saturated carbocycles. The molecule has 0 bridgehead atoms. The normalized spacial score (nSPS) is 30.7. The monoisotopic (exact) mass is 240 g/mol. The molecule has 1 aliphatic rings. The van der Waals surface area contributed by atoms with E-state index in [4.69, 9.17) is 4.74 Å². The van der Waals surface area contributed by atoms with Gasteiger partial charge in [0.25, 0.3) is 0 Å². The minimum absolute atomic E-state index is 0.348. The average Bonchev–Trinajstić information content (AvgIpc) is 2.30. The van der Waals surface area contributed by atoms with Crippen molar-refractivity contribution in [3.05, 3.63) is 12.2 Å². The second-order valence-electron chi connectivity index (χ2n) is 5.25. The van der Waals surface area contributed by atoms with Gasteiger partial charge in [0.2, 0.25) is 0 Å². The second-order valence-corrected chi connectivity index (χ2v) is 5.25. The van der Waals surface area contributed by atoms with Gasteiger partial charge in [0, 0.05) is 5.57 Å². The molecule has 0 aliphatic heterocycles. The Morgan fingerprint density at radius 2 is 2.18 bits per heavy atom. The largest absolute Gasteiger partial charge is 0.456 e. The first-order chi connectivity index (χ1) is 7.95. The number of esters is 1. The standard InChI is InChI=1S/C14H24O3/c1-5-10(4)11-6-7-13(12(15)8-11)17-14(16)9(2)3/h10-13,15H,2,5-8H2,1,3-4H3. The van der Waals surface area contributed by atoms with Crippen molar-refractivity contribution in [2.45, 2.75) is 58.7 Å². The van der Waals surface area contributed by atoms with E-state index in [-0.39, 0.29) is 6.10 Å². The van der Waals surface area contributed by atoms with Gasteiger partial charge in [-0.15, -0.1) is 0 Å². The predicted molar refractivity (Wildman–Crippen MR) is 67.5 cm³/mol. The highest BCUT2D eigenvalue weighted by Crippen LogP contribution is 2.33. The molecule has 0 spiro atoms. The number of hydrogen-bond acceptors (Lipinski definition) is 3. The number of rotatable bonds is 4. The van der Waals surface area contributed by atoms with Crippen molar-refractivity contribution < 1.29 is 14.6 Å². The molecule has 1 fully saturated rings. The Bertz CT molecular complexity index is 285. The number of aliphatic hydroxyl groups excluding tert-OH is 1. The van der Waals surface area contributed by atoms with Crippen molar-refractivity contribution in [1.82, 2.24) is 0 Å². The van der Waals surface area contributed by atoms with Crippen LogP contribution in [0.1, 0.15) is 46.5 Å². The van der Waals surface area contributed by atoms with Crippen molar-refractivity contribution >= 4 is 5.97 Å². The molecule has 0 aromatic carbocycles. The molecular formula is C14H24O3. The smallest absolute Gasteiger partial charge is 0.333 e. The topological polar surface area (TPSA) is 46.5 Å². The Kier molecular flexibility index (Phi) is 5.19. The molecule has 0 aromatic heterocycles. The summed E-state index contributed by atoms with van der Waals surface area (Å²) in [6.07, 6.45) is 2.79. The van der Waals surface area contributed by atoms with Crippen LogP contribution in [0.5, 0.6) is 0 Å². The van der Waals surface area contributed by atoms with Gasteiger partial charge in [-0.1, -0.05) is 26.8 Å². The zero-order valence-corrected chi connectivity index (χ0v) is 11.1. The average molecular weight is 240 g/mol. The van der Waals surface area contributed by atoms with Crippen LogP contribution >= 0.6 is 0 Å². The predicted octanol–water partition coefficient (Wildman–Crippen LogP) is 2.68. The van der Waals surface area contributed by atoms with Crippen LogP contribution in [0, 0.1) is 11.8 Å². The lowest BCUT2D eigenvalue weighted by Gasteiger charge is -2.35. The molecular weight excluding hydrogens is 216 g/mol. The van der Waals surface area contributed by atoms with Gasteiger partial charge in [0.15, 0.2) is 0 Å². The Labute approximate surface area is 104 Å². The summed E-state index contributed by atoms with van der Waals surface area (Å²) in [5, 5.41) is 10.0. The third-order valence-corrected chi connectivity index (χ3v) is 3.85. The Balaban J connectivity index is 2.48. The third kappa shape index (κ3) is 3.84. The first-order valence-electron chi connectivity index (χ1n) is 6.50. The zero-order chi connectivity index (χ0) is 13.0. The van der Waals surface area contributed by atoms with E-state index in [0.29, 0.717) is 17.4 Å². The van der Waals surface area contributed by atoms with Crippen molar-refractivity contribution in [3.8, 4) is 0 Å². The maximum atomic E-state index is 11.4. The molecule has 4 unspecified atom stereocenters. The highest BCUT2D eigenvalue weighted by molar-refractivity contribution is 5.87. The third-order valence-electron chi connectivity index (χ3n) is 3.85. The van der Waals surface area contributed by atoms with E-state index in [1.165, 1.54) is 0 Å². The van der Waals surface area contributed by atoms with Crippen molar-refractivity contribution in [2.75, 3.05) is 0 Å². The highest BCUT2D eigenvalue weighted by atomic mass is 16.6. The fourth-order valence-electron chi connectivity index (χ4n) is 2.38. The Morgan fingerprint density at radius 1 is 1.53 bits per heavy atom. The number of aliphatic hydroxyl groups is 1. The molecule has 0 heterocycles. The number of carbonyl (C=O) groups excluding carboxylic acids is 1. The molecule has 1 rings (SSSR count). The van der Waals surface area contributed by atoms with Crippen molar-refractivity contribution in [2.24, 2.45) is 11.8 Å². The lowest BCUT2D eigenvalue weighted by molar-refractivity contribution is -0.154. The molecule has 0 radical (unpaired) electrons. The minimum atomic E-state index is -0.522. The van der Waals surface area contributed by atoms with Gasteiger partial charge in [-0.3, -0.25) is 0 Å².